The van der Waals surface area contributed by atoms with Gasteiger partial charge in [-0.05, 0) is 25.1 Å². The van der Waals surface area contributed by atoms with E-state index in [0.717, 1.165) is 12.1 Å². The minimum Gasteiger partial charge on any atom is -0.484 e. The summed E-state index contributed by atoms with van der Waals surface area (Å²) in [5.74, 6) is -0.0609. The third-order valence-electron chi connectivity index (χ3n) is 1.85. The molecular formula is C11H13ClF3NO2. The normalized spacial score (nSPS) is 10.4. The average Bonchev–Trinajstić information content (AvgIpc) is 2.26. The summed E-state index contributed by atoms with van der Waals surface area (Å²) in [5, 5.41) is 7.24. The number of alkyl halides is 3. The maximum Gasteiger partial charge on any atom is 0.416 e. The number of halogens is 4. The van der Waals surface area contributed by atoms with Crippen LogP contribution in [0.2, 0.25) is 0 Å². The van der Waals surface area contributed by atoms with Gasteiger partial charge in [0.15, 0.2) is 6.61 Å². The van der Waals surface area contributed by atoms with Crippen LogP contribution in [0.4, 0.5) is 13.2 Å². The molecule has 1 aromatic rings. The van der Waals surface area contributed by atoms with E-state index < -0.39 is 11.7 Å². The number of nitrogens with one attached hydrogen (secondary N) is 1. The maximum atomic E-state index is 12.4. The first-order valence-corrected chi connectivity index (χ1v) is 4.93. The van der Waals surface area contributed by atoms with Gasteiger partial charge in [0.25, 0.3) is 0 Å². The molecule has 18 heavy (non-hydrogen) atoms. The quantitative estimate of drug-likeness (QED) is 0.678. The summed E-state index contributed by atoms with van der Waals surface area (Å²) in [6.07, 6.45) is -4.40. The van der Waals surface area contributed by atoms with Crippen molar-refractivity contribution in [2.75, 3.05) is 13.2 Å². The van der Waals surface area contributed by atoms with E-state index in [2.05, 4.69) is 0 Å². The number of hydrogen-bond acceptors (Lipinski definition) is 3. The van der Waals surface area contributed by atoms with Crippen LogP contribution in [-0.2, 0) is 10.9 Å². The summed E-state index contributed by atoms with van der Waals surface area (Å²) in [4.78, 5) is 0. The van der Waals surface area contributed by atoms with Crippen LogP contribution in [0.15, 0.2) is 24.3 Å². The Labute approximate surface area is 109 Å². The van der Waals surface area contributed by atoms with Gasteiger partial charge in [0.05, 0.1) is 12.2 Å². The highest BCUT2D eigenvalue weighted by Crippen LogP contribution is 2.31. The molecule has 0 aliphatic rings. The van der Waals surface area contributed by atoms with Crippen molar-refractivity contribution in [3.8, 4) is 5.75 Å². The van der Waals surface area contributed by atoms with Crippen LogP contribution in [-0.4, -0.2) is 19.1 Å². The Kier molecular flexibility index (Phi) is 6.54. The Hall–Kier alpha value is -1.43. The number of rotatable bonds is 4. The Morgan fingerprint density at radius 1 is 1.33 bits per heavy atom. The van der Waals surface area contributed by atoms with Crippen molar-refractivity contribution in [2.24, 2.45) is 0 Å². The molecule has 0 saturated carbocycles. The summed E-state index contributed by atoms with van der Waals surface area (Å²) in [6.45, 7) is 1.85. The van der Waals surface area contributed by atoms with Gasteiger partial charge in [-0.2, -0.15) is 13.2 Å². The predicted molar refractivity (Wildman–Crippen MR) is 63.5 cm³/mol. The second-order valence-corrected chi connectivity index (χ2v) is 3.17. The molecule has 3 nitrogen and oxygen atoms in total. The van der Waals surface area contributed by atoms with E-state index in [-0.39, 0.29) is 30.7 Å². The lowest BCUT2D eigenvalue weighted by molar-refractivity contribution is -0.137. The van der Waals surface area contributed by atoms with E-state index in [1.54, 1.807) is 6.92 Å². The van der Waals surface area contributed by atoms with Crippen molar-refractivity contribution < 1.29 is 22.6 Å². The lowest BCUT2D eigenvalue weighted by Gasteiger charge is -2.10. The van der Waals surface area contributed by atoms with Crippen molar-refractivity contribution in [2.45, 2.75) is 13.1 Å². The summed E-state index contributed by atoms with van der Waals surface area (Å²) >= 11 is 0. The summed E-state index contributed by atoms with van der Waals surface area (Å²) in [7, 11) is 0. The van der Waals surface area contributed by atoms with Crippen LogP contribution in [0, 0.1) is 5.41 Å². The molecule has 0 spiro atoms. The Morgan fingerprint density at radius 3 is 2.56 bits per heavy atom. The minimum absolute atomic E-state index is 0. The highest BCUT2D eigenvalue weighted by Gasteiger charge is 2.30. The highest BCUT2D eigenvalue weighted by molar-refractivity contribution is 5.85. The monoisotopic (exact) mass is 283 g/mol. The zero-order chi connectivity index (χ0) is 12.9. The average molecular weight is 284 g/mol. The summed E-state index contributed by atoms with van der Waals surface area (Å²) < 4.78 is 46.9. The summed E-state index contributed by atoms with van der Waals surface area (Å²) in [5.41, 5.74) is -0.780. The van der Waals surface area contributed by atoms with Crippen LogP contribution in [0.3, 0.4) is 0 Å². The van der Waals surface area contributed by atoms with Gasteiger partial charge in [-0.25, -0.2) is 0 Å². The van der Waals surface area contributed by atoms with Gasteiger partial charge in [0.2, 0.25) is 5.90 Å². The van der Waals surface area contributed by atoms with Gasteiger partial charge in [-0.1, -0.05) is 6.07 Å². The zero-order valence-electron chi connectivity index (χ0n) is 9.58. The van der Waals surface area contributed by atoms with Crippen LogP contribution >= 0.6 is 12.4 Å². The third kappa shape index (κ3) is 5.27. The topological polar surface area (TPSA) is 42.3 Å². The Balaban J connectivity index is 0.00000289. The first-order chi connectivity index (χ1) is 7.93. The van der Waals surface area contributed by atoms with Gasteiger partial charge < -0.3 is 9.47 Å². The molecule has 0 atom stereocenters. The molecule has 1 rings (SSSR count). The molecule has 0 aliphatic heterocycles. The SMILES string of the molecule is CCOC(=N)COc1cccc(C(F)(F)F)c1.Cl. The molecule has 0 aromatic heterocycles. The molecule has 0 aliphatic carbocycles. The molecule has 7 heteroatoms. The van der Waals surface area contributed by atoms with Crippen molar-refractivity contribution >= 4 is 18.3 Å². The second-order valence-electron chi connectivity index (χ2n) is 3.17. The molecule has 102 valence electrons. The van der Waals surface area contributed by atoms with Gasteiger partial charge in [-0.3, -0.25) is 5.41 Å². The largest absolute Gasteiger partial charge is 0.484 e. The highest BCUT2D eigenvalue weighted by atomic mass is 35.5. The lowest BCUT2D eigenvalue weighted by atomic mass is 10.2. The standard InChI is InChI=1S/C11H12F3NO2.ClH/c1-2-16-10(15)7-17-9-5-3-4-8(6-9)11(12,13)14;/h3-6,15H,2,7H2,1H3;1H. The fraction of sp³-hybridized carbons (Fsp3) is 0.364. The van der Waals surface area contributed by atoms with Gasteiger partial charge in [0, 0.05) is 0 Å². The fourth-order valence-electron chi connectivity index (χ4n) is 1.13. The van der Waals surface area contributed by atoms with Crippen LogP contribution in [0.1, 0.15) is 12.5 Å². The molecule has 0 saturated heterocycles. The summed E-state index contributed by atoms with van der Waals surface area (Å²) in [6, 6.07) is 4.50. The molecule has 0 amide bonds. The van der Waals surface area contributed by atoms with Gasteiger partial charge in [0.1, 0.15) is 5.75 Å². The Morgan fingerprint density at radius 2 is 2.00 bits per heavy atom. The molecule has 0 heterocycles. The molecule has 0 bridgehead atoms. The number of hydrogen-bond donors (Lipinski definition) is 1. The van der Waals surface area contributed by atoms with Crippen LogP contribution < -0.4 is 4.74 Å². The van der Waals surface area contributed by atoms with E-state index in [1.165, 1.54) is 12.1 Å². The van der Waals surface area contributed by atoms with Gasteiger partial charge >= 0.3 is 6.18 Å². The number of ether oxygens (including phenoxy) is 2. The third-order valence-corrected chi connectivity index (χ3v) is 1.85. The fourth-order valence-corrected chi connectivity index (χ4v) is 1.13. The molecule has 1 aromatic carbocycles. The van der Waals surface area contributed by atoms with Crippen molar-refractivity contribution in [1.82, 2.24) is 0 Å². The molecule has 0 fully saturated rings. The minimum atomic E-state index is -4.40. The van der Waals surface area contributed by atoms with Crippen molar-refractivity contribution in [3.63, 3.8) is 0 Å². The van der Waals surface area contributed by atoms with Crippen molar-refractivity contribution in [3.05, 3.63) is 29.8 Å². The lowest BCUT2D eigenvalue weighted by Crippen LogP contribution is -2.14. The molecular weight excluding hydrogens is 271 g/mol. The predicted octanol–water partition coefficient (Wildman–Crippen LogP) is 3.52. The van der Waals surface area contributed by atoms with Crippen LogP contribution in [0.25, 0.3) is 0 Å². The van der Waals surface area contributed by atoms with E-state index >= 15 is 0 Å². The first kappa shape index (κ1) is 16.6. The van der Waals surface area contributed by atoms with E-state index in [1.807, 2.05) is 0 Å². The second kappa shape index (κ2) is 7.10. The van der Waals surface area contributed by atoms with E-state index in [4.69, 9.17) is 14.9 Å². The van der Waals surface area contributed by atoms with Crippen LogP contribution in [0.5, 0.6) is 5.75 Å². The van der Waals surface area contributed by atoms with E-state index in [0.29, 0.717) is 6.61 Å². The first-order valence-electron chi connectivity index (χ1n) is 4.93. The van der Waals surface area contributed by atoms with E-state index in [9.17, 15) is 13.2 Å². The van der Waals surface area contributed by atoms with Crippen molar-refractivity contribution in [1.29, 1.82) is 5.41 Å². The number of benzene rings is 1. The zero-order valence-corrected chi connectivity index (χ0v) is 10.4. The Bertz CT molecular complexity index is 396. The van der Waals surface area contributed by atoms with Gasteiger partial charge in [-0.15, -0.1) is 12.4 Å². The smallest absolute Gasteiger partial charge is 0.416 e. The molecule has 0 radical (unpaired) electrons. The maximum absolute atomic E-state index is 12.4. The molecule has 0 unspecified atom stereocenters. The molecule has 1 N–H and O–H groups in total.